The molecular formula is C23H21N4O4S3-. The number of anilines is 2. The van der Waals surface area contributed by atoms with Gasteiger partial charge in [-0.25, -0.2) is 14.8 Å². The zero-order valence-corrected chi connectivity index (χ0v) is 20.5. The standard InChI is InChI=1S/C23H22N4O4S3/c1-2-31-22(28)20-14-33-23(26-20)25-18(12-15-8-10-17(11-9-15)27-34(29)30)19-13-32-21(24-19)16-6-4-3-5-7-16/h3-11,13-14,18,27H,2,12H2,1H3,(H,25,26)(H,29,30)/p-1/t18-/m0/s1. The Kier molecular flexibility index (Phi) is 8.01. The first kappa shape index (κ1) is 24.0. The molecule has 0 saturated heterocycles. The van der Waals surface area contributed by atoms with Crippen molar-refractivity contribution >= 4 is 50.7 Å². The van der Waals surface area contributed by atoms with Crippen molar-refractivity contribution in [1.29, 1.82) is 0 Å². The molecule has 2 aromatic heterocycles. The summed E-state index contributed by atoms with van der Waals surface area (Å²) in [5, 5.41) is 8.57. The second kappa shape index (κ2) is 11.3. The number of hydrogen-bond acceptors (Lipinski definition) is 9. The largest absolute Gasteiger partial charge is 0.755 e. The maximum Gasteiger partial charge on any atom is 0.357 e. The summed E-state index contributed by atoms with van der Waals surface area (Å²) >= 11 is 0.506. The molecule has 34 heavy (non-hydrogen) atoms. The van der Waals surface area contributed by atoms with Gasteiger partial charge in [0.2, 0.25) is 0 Å². The highest BCUT2D eigenvalue weighted by Gasteiger charge is 2.20. The van der Waals surface area contributed by atoms with Gasteiger partial charge in [-0.15, -0.1) is 22.7 Å². The highest BCUT2D eigenvalue weighted by Crippen LogP contribution is 2.31. The van der Waals surface area contributed by atoms with Crippen LogP contribution >= 0.6 is 22.7 Å². The van der Waals surface area contributed by atoms with Crippen LogP contribution in [0.3, 0.4) is 0 Å². The van der Waals surface area contributed by atoms with Gasteiger partial charge < -0.3 is 19.3 Å². The molecule has 4 aromatic rings. The number of nitrogens with one attached hydrogen (secondary N) is 2. The lowest BCUT2D eigenvalue weighted by atomic mass is 10.0. The Bertz CT molecular complexity index is 1260. The lowest BCUT2D eigenvalue weighted by molar-refractivity contribution is 0.0520. The van der Waals surface area contributed by atoms with Crippen molar-refractivity contribution in [2.75, 3.05) is 16.6 Å². The summed E-state index contributed by atoms with van der Waals surface area (Å²) in [6.45, 7) is 2.04. The van der Waals surface area contributed by atoms with Crippen LogP contribution in [0.25, 0.3) is 10.6 Å². The van der Waals surface area contributed by atoms with E-state index in [9.17, 15) is 13.6 Å². The highest BCUT2D eigenvalue weighted by atomic mass is 32.2. The van der Waals surface area contributed by atoms with E-state index in [0.29, 0.717) is 17.2 Å². The summed E-state index contributed by atoms with van der Waals surface area (Å²) in [5.74, 6) is -0.456. The molecule has 2 atom stereocenters. The van der Waals surface area contributed by atoms with Gasteiger partial charge in [0.25, 0.3) is 0 Å². The lowest BCUT2D eigenvalue weighted by Crippen LogP contribution is -2.15. The monoisotopic (exact) mass is 513 g/mol. The third kappa shape index (κ3) is 6.26. The first-order valence-electron chi connectivity index (χ1n) is 10.4. The van der Waals surface area contributed by atoms with Gasteiger partial charge in [0.05, 0.1) is 18.3 Å². The van der Waals surface area contributed by atoms with Crippen LogP contribution in [0.2, 0.25) is 0 Å². The van der Waals surface area contributed by atoms with Crippen molar-refractivity contribution in [2.24, 2.45) is 0 Å². The Balaban J connectivity index is 1.58. The van der Waals surface area contributed by atoms with Gasteiger partial charge in [-0.2, -0.15) is 0 Å². The zero-order valence-electron chi connectivity index (χ0n) is 18.1. The number of ether oxygens (including phenoxy) is 1. The van der Waals surface area contributed by atoms with Gasteiger partial charge >= 0.3 is 5.97 Å². The number of rotatable bonds is 10. The van der Waals surface area contributed by atoms with Gasteiger partial charge in [-0.05, 0) is 31.0 Å². The molecule has 0 aliphatic heterocycles. The van der Waals surface area contributed by atoms with E-state index in [2.05, 4.69) is 15.0 Å². The molecule has 0 fully saturated rings. The van der Waals surface area contributed by atoms with E-state index in [1.807, 2.05) is 47.8 Å². The fraction of sp³-hybridized carbons (Fsp3) is 0.174. The summed E-state index contributed by atoms with van der Waals surface area (Å²) in [7, 11) is 0. The minimum absolute atomic E-state index is 0.220. The Morgan fingerprint density at radius 1 is 1.09 bits per heavy atom. The minimum atomic E-state index is -2.37. The molecule has 2 aromatic carbocycles. The molecule has 0 aliphatic rings. The fourth-order valence-corrected chi connectivity index (χ4v) is 5.16. The first-order valence-corrected chi connectivity index (χ1v) is 13.2. The quantitative estimate of drug-likeness (QED) is 0.225. The Labute approximate surface area is 207 Å². The topological polar surface area (TPSA) is 116 Å². The van der Waals surface area contributed by atoms with E-state index in [1.165, 1.54) is 11.3 Å². The third-order valence-electron chi connectivity index (χ3n) is 4.78. The van der Waals surface area contributed by atoms with Crippen LogP contribution in [0.15, 0.2) is 65.4 Å². The fourth-order valence-electron chi connectivity index (χ4n) is 3.22. The molecule has 0 radical (unpaired) electrons. The average Bonchev–Trinajstić information content (AvgIpc) is 3.51. The molecule has 0 saturated carbocycles. The molecule has 11 heteroatoms. The van der Waals surface area contributed by atoms with Crippen molar-refractivity contribution < 1.29 is 18.3 Å². The SMILES string of the molecule is CCOC(=O)c1csc(N[C@@H](Cc2ccc(NS(=O)[O-])cc2)c2csc(-c3ccccc3)n2)n1. The van der Waals surface area contributed by atoms with Gasteiger partial charge in [0.15, 0.2) is 10.8 Å². The first-order chi connectivity index (χ1) is 16.5. The van der Waals surface area contributed by atoms with E-state index in [4.69, 9.17) is 9.72 Å². The minimum Gasteiger partial charge on any atom is -0.755 e. The van der Waals surface area contributed by atoms with Gasteiger partial charge in [-0.1, -0.05) is 42.5 Å². The molecule has 4 rings (SSSR count). The van der Waals surface area contributed by atoms with Crippen LogP contribution in [0.4, 0.5) is 10.8 Å². The molecule has 0 aliphatic carbocycles. The van der Waals surface area contributed by atoms with Gasteiger partial charge in [-0.3, -0.25) is 4.21 Å². The summed E-state index contributed by atoms with van der Waals surface area (Å²) in [6, 6.07) is 16.9. The number of thiazole rings is 2. The van der Waals surface area contributed by atoms with E-state index >= 15 is 0 Å². The second-order valence-electron chi connectivity index (χ2n) is 7.14. The van der Waals surface area contributed by atoms with Crippen molar-refractivity contribution in [1.82, 2.24) is 9.97 Å². The van der Waals surface area contributed by atoms with Crippen LogP contribution < -0.4 is 10.0 Å². The molecule has 0 spiro atoms. The Hall–Kier alpha value is -3.12. The van der Waals surface area contributed by atoms with Crippen LogP contribution in [-0.4, -0.2) is 31.3 Å². The average molecular weight is 514 g/mol. The summed E-state index contributed by atoms with van der Waals surface area (Å²) in [6.07, 6.45) is 0.576. The molecule has 176 valence electrons. The molecule has 8 nitrogen and oxygen atoms in total. The van der Waals surface area contributed by atoms with Crippen molar-refractivity contribution in [3.63, 3.8) is 0 Å². The maximum absolute atomic E-state index is 12.0. The van der Waals surface area contributed by atoms with E-state index < -0.39 is 17.2 Å². The number of esters is 1. The molecule has 0 bridgehead atoms. The normalized spacial score (nSPS) is 12.6. The molecular weight excluding hydrogens is 492 g/mol. The van der Waals surface area contributed by atoms with Crippen molar-refractivity contribution in [3.05, 3.63) is 82.3 Å². The predicted octanol–water partition coefficient (Wildman–Crippen LogP) is 5.05. The third-order valence-corrected chi connectivity index (χ3v) is 6.87. The van der Waals surface area contributed by atoms with Crippen LogP contribution in [0.1, 0.15) is 34.7 Å². The highest BCUT2D eigenvalue weighted by molar-refractivity contribution is 7.80. The number of carbonyl (C=O) groups is 1. The summed E-state index contributed by atoms with van der Waals surface area (Å²) in [5.41, 5.74) is 3.62. The Morgan fingerprint density at radius 2 is 1.85 bits per heavy atom. The number of hydrogen-bond donors (Lipinski definition) is 2. The zero-order chi connectivity index (χ0) is 23.9. The van der Waals surface area contributed by atoms with Crippen LogP contribution in [0.5, 0.6) is 0 Å². The second-order valence-corrected chi connectivity index (χ2v) is 9.53. The number of carbonyl (C=O) groups excluding carboxylic acids is 1. The van der Waals surface area contributed by atoms with Gasteiger partial charge in [0.1, 0.15) is 5.01 Å². The maximum atomic E-state index is 12.0. The van der Waals surface area contributed by atoms with Gasteiger partial charge in [0, 0.05) is 33.3 Å². The summed E-state index contributed by atoms with van der Waals surface area (Å²) < 4.78 is 29.1. The van der Waals surface area contributed by atoms with Crippen LogP contribution in [-0.2, 0) is 22.4 Å². The van der Waals surface area contributed by atoms with Crippen LogP contribution in [0, 0.1) is 0 Å². The lowest BCUT2D eigenvalue weighted by Gasteiger charge is -2.17. The van der Waals surface area contributed by atoms with Crippen molar-refractivity contribution in [3.8, 4) is 10.6 Å². The molecule has 2 heterocycles. The predicted molar refractivity (Wildman–Crippen MR) is 135 cm³/mol. The number of benzene rings is 2. The van der Waals surface area contributed by atoms with E-state index in [1.54, 1.807) is 35.8 Å². The number of aromatic nitrogens is 2. The molecule has 2 N–H and O–H groups in total. The smallest absolute Gasteiger partial charge is 0.357 e. The molecule has 0 amide bonds. The number of nitrogens with zero attached hydrogens (tertiary/aromatic N) is 2. The molecule has 1 unspecified atom stereocenters. The van der Waals surface area contributed by atoms with E-state index in [-0.39, 0.29) is 18.3 Å². The van der Waals surface area contributed by atoms with Crippen molar-refractivity contribution in [2.45, 2.75) is 19.4 Å². The Morgan fingerprint density at radius 3 is 2.56 bits per heavy atom. The van der Waals surface area contributed by atoms with E-state index in [0.717, 1.165) is 21.8 Å². The summed E-state index contributed by atoms with van der Waals surface area (Å²) in [4.78, 5) is 21.2.